The number of nitro benzene ring substituents is 1. The molecule has 1 saturated carbocycles. The maximum absolute atomic E-state index is 10.6. The topological polar surface area (TPSA) is 55.2 Å². The maximum Gasteiger partial charge on any atom is 0.269 e. The van der Waals surface area contributed by atoms with E-state index in [9.17, 15) is 10.1 Å². The number of hydrogen-bond acceptors (Lipinski definition) is 4. The summed E-state index contributed by atoms with van der Waals surface area (Å²) < 4.78 is 0. The minimum absolute atomic E-state index is 0.161. The van der Waals surface area contributed by atoms with Gasteiger partial charge in [0.1, 0.15) is 0 Å². The van der Waals surface area contributed by atoms with E-state index in [0.29, 0.717) is 6.04 Å². The Hall–Kier alpha value is -1.07. The minimum Gasteiger partial charge on any atom is -0.313 e. The summed E-state index contributed by atoms with van der Waals surface area (Å²) in [6.45, 7) is 3.15. The van der Waals surface area contributed by atoms with E-state index >= 15 is 0 Å². The highest BCUT2D eigenvalue weighted by atomic mass is 32.2. The van der Waals surface area contributed by atoms with Crippen LogP contribution in [0.15, 0.2) is 29.2 Å². The molecule has 110 valence electrons. The summed E-state index contributed by atoms with van der Waals surface area (Å²) in [6, 6.07) is 7.42. The third-order valence-electron chi connectivity index (χ3n) is 3.91. The molecule has 2 rings (SSSR count). The van der Waals surface area contributed by atoms with E-state index in [0.717, 1.165) is 23.1 Å². The van der Waals surface area contributed by atoms with Crippen LogP contribution < -0.4 is 5.32 Å². The molecule has 1 unspecified atom stereocenters. The molecular weight excluding hydrogens is 272 g/mol. The molecule has 0 bridgehead atoms. The Morgan fingerprint density at radius 2 is 2.00 bits per heavy atom. The van der Waals surface area contributed by atoms with Crippen molar-refractivity contribution in [1.29, 1.82) is 0 Å². The van der Waals surface area contributed by atoms with Crippen molar-refractivity contribution in [3.8, 4) is 0 Å². The van der Waals surface area contributed by atoms with E-state index in [-0.39, 0.29) is 10.6 Å². The van der Waals surface area contributed by atoms with Gasteiger partial charge in [0.05, 0.1) is 4.92 Å². The first-order chi connectivity index (χ1) is 9.70. The number of hydrogen-bond donors (Lipinski definition) is 1. The quantitative estimate of drug-likeness (QED) is 0.471. The third kappa shape index (κ3) is 4.21. The zero-order valence-electron chi connectivity index (χ0n) is 11.9. The van der Waals surface area contributed by atoms with Gasteiger partial charge in [-0.25, -0.2) is 0 Å². The van der Waals surface area contributed by atoms with Crippen LogP contribution in [0.1, 0.15) is 32.6 Å². The highest BCUT2D eigenvalue weighted by Gasteiger charge is 2.24. The minimum atomic E-state index is -0.353. The second kappa shape index (κ2) is 7.64. The van der Waals surface area contributed by atoms with Gasteiger partial charge in [0.15, 0.2) is 0 Å². The van der Waals surface area contributed by atoms with Crippen molar-refractivity contribution >= 4 is 17.4 Å². The van der Waals surface area contributed by atoms with Crippen LogP contribution >= 0.6 is 11.8 Å². The number of nitrogens with one attached hydrogen (secondary N) is 1. The maximum atomic E-state index is 10.6. The Labute approximate surface area is 124 Å². The molecule has 0 radical (unpaired) electrons. The van der Waals surface area contributed by atoms with Crippen molar-refractivity contribution in [2.24, 2.45) is 5.92 Å². The molecule has 5 heteroatoms. The molecular formula is C15H22N2O2S. The molecule has 1 aromatic rings. The SMILES string of the molecule is CCNC(CSc1ccc([N+](=O)[O-])cc1)C1CCCC1. The molecule has 0 amide bonds. The van der Waals surface area contributed by atoms with Crippen molar-refractivity contribution in [1.82, 2.24) is 5.32 Å². The molecule has 1 fully saturated rings. The van der Waals surface area contributed by atoms with Gasteiger partial charge in [-0.1, -0.05) is 19.8 Å². The average Bonchev–Trinajstić information content (AvgIpc) is 2.98. The molecule has 0 aromatic heterocycles. The molecule has 1 N–H and O–H groups in total. The summed E-state index contributed by atoms with van der Waals surface area (Å²) >= 11 is 1.79. The zero-order valence-corrected chi connectivity index (χ0v) is 12.7. The summed E-state index contributed by atoms with van der Waals surface area (Å²) in [5.41, 5.74) is 0.161. The monoisotopic (exact) mass is 294 g/mol. The second-order valence-corrected chi connectivity index (χ2v) is 6.36. The van der Waals surface area contributed by atoms with E-state index < -0.39 is 0 Å². The highest BCUT2D eigenvalue weighted by molar-refractivity contribution is 7.99. The Bertz CT molecular complexity index is 430. The number of thioether (sulfide) groups is 1. The van der Waals surface area contributed by atoms with Crippen LogP contribution in [0.4, 0.5) is 5.69 Å². The standard InChI is InChI=1S/C15H22N2O2S/c1-2-16-15(12-5-3-4-6-12)11-20-14-9-7-13(8-10-14)17(18)19/h7-10,12,15-16H,2-6,11H2,1H3. The number of nitro groups is 1. The van der Waals surface area contributed by atoms with Gasteiger partial charge < -0.3 is 5.32 Å². The first-order valence-corrected chi connectivity index (χ1v) is 8.30. The van der Waals surface area contributed by atoms with Gasteiger partial charge in [0.25, 0.3) is 5.69 Å². The highest BCUT2D eigenvalue weighted by Crippen LogP contribution is 2.31. The van der Waals surface area contributed by atoms with E-state index in [1.165, 1.54) is 25.7 Å². The van der Waals surface area contributed by atoms with Crippen molar-refractivity contribution < 1.29 is 4.92 Å². The Morgan fingerprint density at radius 1 is 1.35 bits per heavy atom. The van der Waals surface area contributed by atoms with Crippen LogP contribution in [0.25, 0.3) is 0 Å². The first kappa shape index (κ1) is 15.3. The fraction of sp³-hybridized carbons (Fsp3) is 0.600. The van der Waals surface area contributed by atoms with Gasteiger partial charge >= 0.3 is 0 Å². The molecule has 0 spiro atoms. The van der Waals surface area contributed by atoms with Gasteiger partial charge in [0.2, 0.25) is 0 Å². The van der Waals surface area contributed by atoms with Gasteiger partial charge in [0, 0.05) is 28.8 Å². The van der Waals surface area contributed by atoms with Gasteiger partial charge in [-0.15, -0.1) is 11.8 Å². The average molecular weight is 294 g/mol. The van der Waals surface area contributed by atoms with Crippen molar-refractivity contribution in [2.45, 2.75) is 43.5 Å². The smallest absolute Gasteiger partial charge is 0.269 e. The number of rotatable bonds is 7. The predicted octanol–water partition coefficient (Wildman–Crippen LogP) is 3.86. The Morgan fingerprint density at radius 3 is 2.55 bits per heavy atom. The predicted molar refractivity (Wildman–Crippen MR) is 83.2 cm³/mol. The molecule has 4 nitrogen and oxygen atoms in total. The summed E-state index contributed by atoms with van der Waals surface area (Å²) in [5.74, 6) is 1.83. The van der Waals surface area contributed by atoms with Gasteiger partial charge in [-0.2, -0.15) is 0 Å². The lowest BCUT2D eigenvalue weighted by atomic mass is 10.00. The van der Waals surface area contributed by atoms with E-state index in [1.807, 2.05) is 12.1 Å². The van der Waals surface area contributed by atoms with Gasteiger partial charge in [-0.05, 0) is 37.4 Å². The van der Waals surface area contributed by atoms with Gasteiger partial charge in [-0.3, -0.25) is 10.1 Å². The van der Waals surface area contributed by atoms with Crippen LogP contribution in [-0.2, 0) is 0 Å². The van der Waals surface area contributed by atoms with E-state index in [4.69, 9.17) is 0 Å². The third-order valence-corrected chi connectivity index (χ3v) is 5.04. The van der Waals surface area contributed by atoms with Crippen LogP contribution in [0, 0.1) is 16.0 Å². The van der Waals surface area contributed by atoms with Crippen LogP contribution in [0.3, 0.4) is 0 Å². The molecule has 20 heavy (non-hydrogen) atoms. The molecule has 1 aromatic carbocycles. The molecule has 1 aliphatic carbocycles. The molecule has 1 aliphatic rings. The van der Waals surface area contributed by atoms with E-state index in [1.54, 1.807) is 23.9 Å². The van der Waals surface area contributed by atoms with Crippen LogP contribution in [0.5, 0.6) is 0 Å². The normalized spacial score (nSPS) is 17.2. The lowest BCUT2D eigenvalue weighted by Crippen LogP contribution is -2.37. The summed E-state index contributed by atoms with van der Waals surface area (Å²) in [4.78, 5) is 11.4. The van der Waals surface area contributed by atoms with Crippen LogP contribution in [0.2, 0.25) is 0 Å². The molecule has 0 saturated heterocycles. The van der Waals surface area contributed by atoms with E-state index in [2.05, 4.69) is 12.2 Å². The fourth-order valence-corrected chi connectivity index (χ4v) is 3.92. The lowest BCUT2D eigenvalue weighted by molar-refractivity contribution is -0.384. The van der Waals surface area contributed by atoms with Crippen molar-refractivity contribution in [3.63, 3.8) is 0 Å². The van der Waals surface area contributed by atoms with Crippen LogP contribution in [-0.4, -0.2) is 23.3 Å². The summed E-state index contributed by atoms with van der Waals surface area (Å²) in [5, 5.41) is 14.2. The fourth-order valence-electron chi connectivity index (χ4n) is 2.83. The van der Waals surface area contributed by atoms with Crippen molar-refractivity contribution in [3.05, 3.63) is 34.4 Å². The Balaban J connectivity index is 1.89. The summed E-state index contributed by atoms with van der Waals surface area (Å²) in [6.07, 6.45) is 5.38. The number of non-ortho nitro benzene ring substituents is 1. The second-order valence-electron chi connectivity index (χ2n) is 5.27. The molecule has 0 aliphatic heterocycles. The zero-order chi connectivity index (χ0) is 14.4. The lowest BCUT2D eigenvalue weighted by Gasteiger charge is -2.23. The molecule has 0 heterocycles. The summed E-state index contributed by atoms with van der Waals surface area (Å²) in [7, 11) is 0. The van der Waals surface area contributed by atoms with Crippen molar-refractivity contribution in [2.75, 3.05) is 12.3 Å². The number of benzene rings is 1. The number of nitrogens with zero attached hydrogens (tertiary/aromatic N) is 1. The molecule has 1 atom stereocenters. The largest absolute Gasteiger partial charge is 0.313 e. The first-order valence-electron chi connectivity index (χ1n) is 7.31. The Kier molecular flexibility index (Phi) is 5.86.